The zero-order valence-corrected chi connectivity index (χ0v) is 20.3. The Balaban J connectivity index is 1.20. The van der Waals surface area contributed by atoms with Gasteiger partial charge in [0.25, 0.3) is 0 Å². The van der Waals surface area contributed by atoms with Crippen LogP contribution in [0.25, 0.3) is 10.9 Å². The standard InChI is InChI=1S/C25H27ClN6O3/c1-16(35-19-2-3-22-21(6-19)20-4-5-34-11-17(20)8-28-22)23-10-32(30-29-23)24-12-25(13-24,15-33)31(14-24)9-18(26)7-27/h2-3,6,8,10,16,18,33H,4-5,9,11-15H2,1H3/t16-,18?,24?,25?/m1/s1. The number of rotatable bonds is 7. The van der Waals surface area contributed by atoms with E-state index in [1.54, 1.807) is 0 Å². The van der Waals surface area contributed by atoms with Crippen LogP contribution >= 0.6 is 11.6 Å². The Labute approximate surface area is 208 Å². The summed E-state index contributed by atoms with van der Waals surface area (Å²) >= 11 is 6.09. The number of nitrogens with zero attached hydrogens (tertiary/aromatic N) is 6. The molecule has 35 heavy (non-hydrogen) atoms. The molecule has 2 atom stereocenters. The number of ether oxygens (including phenoxy) is 2. The summed E-state index contributed by atoms with van der Waals surface area (Å²) < 4.78 is 13.8. The first-order valence-corrected chi connectivity index (χ1v) is 12.4. The number of benzene rings is 1. The lowest BCUT2D eigenvalue weighted by atomic mass is 9.68. The Hall–Kier alpha value is -2.77. The summed E-state index contributed by atoms with van der Waals surface area (Å²) in [6, 6.07) is 8.06. The number of aliphatic hydroxyl groups is 1. The van der Waals surface area contributed by atoms with Crippen LogP contribution in [0, 0.1) is 11.3 Å². The normalized spacial score (nSPS) is 27.1. The maximum absolute atomic E-state index is 10.0. The van der Waals surface area contributed by atoms with Crippen LogP contribution in [-0.4, -0.2) is 67.2 Å². The van der Waals surface area contributed by atoms with E-state index < -0.39 is 5.38 Å². The molecular formula is C25H27ClN6O3. The van der Waals surface area contributed by atoms with Crippen LogP contribution in [0.1, 0.15) is 42.7 Å². The largest absolute Gasteiger partial charge is 0.484 e. The van der Waals surface area contributed by atoms with E-state index >= 15 is 0 Å². The molecule has 9 nitrogen and oxygen atoms in total. The van der Waals surface area contributed by atoms with Gasteiger partial charge in [0.15, 0.2) is 0 Å². The first-order valence-electron chi connectivity index (χ1n) is 11.9. The molecule has 0 radical (unpaired) electrons. The van der Waals surface area contributed by atoms with E-state index in [4.69, 9.17) is 26.3 Å². The summed E-state index contributed by atoms with van der Waals surface area (Å²) in [5.41, 5.74) is 3.54. The fourth-order valence-electron chi connectivity index (χ4n) is 6.05. The Morgan fingerprint density at radius 1 is 1.37 bits per heavy atom. The van der Waals surface area contributed by atoms with Gasteiger partial charge in [0, 0.05) is 30.2 Å². The number of halogens is 1. The minimum atomic E-state index is -0.607. The van der Waals surface area contributed by atoms with E-state index in [0.717, 1.165) is 53.8 Å². The number of fused-ring (bicyclic) bond motifs is 4. The second kappa shape index (κ2) is 8.42. The molecule has 1 aliphatic carbocycles. The highest BCUT2D eigenvalue weighted by molar-refractivity contribution is 6.22. The number of nitriles is 1. The Kier molecular flexibility index (Phi) is 5.45. The number of pyridine rings is 1. The van der Waals surface area contributed by atoms with Crippen LogP contribution in [-0.2, 0) is 23.3 Å². The average Bonchev–Trinajstić information content (AvgIpc) is 3.55. The monoisotopic (exact) mass is 494 g/mol. The van der Waals surface area contributed by atoms with Gasteiger partial charge >= 0.3 is 0 Å². The van der Waals surface area contributed by atoms with E-state index in [9.17, 15) is 5.11 Å². The maximum atomic E-state index is 10.0. The number of alkyl halides is 1. The molecule has 1 aromatic carbocycles. The third kappa shape index (κ3) is 3.67. The smallest absolute Gasteiger partial charge is 0.141 e. The molecule has 3 aromatic rings. The first kappa shape index (κ1) is 22.7. The van der Waals surface area contributed by atoms with Crippen LogP contribution in [0.2, 0.25) is 0 Å². The lowest BCUT2D eigenvalue weighted by Gasteiger charge is -2.46. The van der Waals surface area contributed by atoms with Crippen molar-refractivity contribution >= 4 is 22.5 Å². The molecule has 4 aliphatic rings. The summed E-state index contributed by atoms with van der Waals surface area (Å²) in [5, 5.41) is 28.5. The van der Waals surface area contributed by atoms with Gasteiger partial charge in [0.2, 0.25) is 0 Å². The van der Waals surface area contributed by atoms with Gasteiger partial charge in [0.1, 0.15) is 22.9 Å². The molecule has 2 aromatic heterocycles. The molecule has 1 saturated carbocycles. The summed E-state index contributed by atoms with van der Waals surface area (Å²) in [6.45, 7) is 4.43. The molecule has 5 heterocycles. The molecule has 0 amide bonds. The fourth-order valence-corrected chi connectivity index (χ4v) is 6.21. The van der Waals surface area contributed by atoms with Crippen molar-refractivity contribution in [2.24, 2.45) is 0 Å². The van der Waals surface area contributed by atoms with Gasteiger partial charge in [-0.25, -0.2) is 4.68 Å². The van der Waals surface area contributed by atoms with Crippen molar-refractivity contribution in [3.8, 4) is 11.8 Å². The molecule has 182 valence electrons. The van der Waals surface area contributed by atoms with Gasteiger partial charge in [-0.15, -0.1) is 16.7 Å². The number of hydrogen-bond acceptors (Lipinski definition) is 8. The maximum Gasteiger partial charge on any atom is 0.141 e. The molecule has 7 rings (SSSR count). The summed E-state index contributed by atoms with van der Waals surface area (Å²) in [7, 11) is 0. The quantitative estimate of drug-likeness (QED) is 0.499. The highest BCUT2D eigenvalue weighted by Crippen LogP contribution is 2.57. The highest BCUT2D eigenvalue weighted by Gasteiger charge is 2.66. The van der Waals surface area contributed by atoms with E-state index in [1.165, 1.54) is 5.56 Å². The van der Waals surface area contributed by atoms with E-state index in [-0.39, 0.29) is 23.8 Å². The molecule has 1 N–H and O–H groups in total. The van der Waals surface area contributed by atoms with Crippen molar-refractivity contribution in [1.82, 2.24) is 24.9 Å². The Morgan fingerprint density at radius 3 is 3.03 bits per heavy atom. The van der Waals surface area contributed by atoms with Crippen LogP contribution in [0.15, 0.2) is 30.6 Å². The molecule has 2 bridgehead atoms. The lowest BCUT2D eigenvalue weighted by Crippen LogP contribution is -2.56. The molecular weight excluding hydrogens is 468 g/mol. The number of aromatic nitrogens is 4. The summed E-state index contributed by atoms with van der Waals surface area (Å²) in [6.07, 6.45) is 5.95. The van der Waals surface area contributed by atoms with Crippen molar-refractivity contribution in [3.05, 3.63) is 47.4 Å². The predicted octanol–water partition coefficient (Wildman–Crippen LogP) is 2.71. The topological polar surface area (TPSA) is 109 Å². The summed E-state index contributed by atoms with van der Waals surface area (Å²) in [5.74, 6) is 0.763. The third-order valence-corrected chi connectivity index (χ3v) is 8.04. The van der Waals surface area contributed by atoms with Gasteiger partial charge in [0.05, 0.1) is 43.1 Å². The van der Waals surface area contributed by atoms with Gasteiger partial charge in [-0.1, -0.05) is 5.21 Å². The summed E-state index contributed by atoms with van der Waals surface area (Å²) in [4.78, 5) is 6.69. The van der Waals surface area contributed by atoms with Crippen LogP contribution < -0.4 is 4.74 Å². The van der Waals surface area contributed by atoms with Crippen molar-refractivity contribution in [2.45, 2.75) is 55.4 Å². The van der Waals surface area contributed by atoms with Crippen molar-refractivity contribution in [3.63, 3.8) is 0 Å². The third-order valence-electron chi connectivity index (χ3n) is 7.81. The second-order valence-corrected chi connectivity index (χ2v) is 10.6. The molecule has 3 aliphatic heterocycles. The van der Waals surface area contributed by atoms with E-state index in [2.05, 4.69) is 32.3 Å². The number of aliphatic hydroxyl groups excluding tert-OH is 1. The van der Waals surface area contributed by atoms with Gasteiger partial charge in [-0.05, 0) is 55.5 Å². The molecule has 10 heteroatoms. The Morgan fingerprint density at radius 2 is 2.23 bits per heavy atom. The highest BCUT2D eigenvalue weighted by atomic mass is 35.5. The molecule has 3 fully saturated rings. The van der Waals surface area contributed by atoms with Crippen LogP contribution in [0.4, 0.5) is 0 Å². The SMILES string of the molecule is C[C@@H](Oc1ccc2ncc3c(c2c1)CCOC3)c1cn(C23CN(CC(Cl)C#N)C(CO)(C2)C3)nn1. The van der Waals surface area contributed by atoms with Gasteiger partial charge < -0.3 is 14.6 Å². The van der Waals surface area contributed by atoms with Crippen molar-refractivity contribution < 1.29 is 14.6 Å². The minimum absolute atomic E-state index is 0.0392. The second-order valence-electron chi connectivity index (χ2n) is 10.0. The number of hydrogen-bond donors (Lipinski definition) is 1. The molecule has 0 spiro atoms. The van der Waals surface area contributed by atoms with Gasteiger partial charge in [-0.2, -0.15) is 5.26 Å². The van der Waals surface area contributed by atoms with Crippen molar-refractivity contribution in [1.29, 1.82) is 5.26 Å². The van der Waals surface area contributed by atoms with Crippen LogP contribution in [0.3, 0.4) is 0 Å². The lowest BCUT2D eigenvalue weighted by molar-refractivity contribution is 0.00729. The minimum Gasteiger partial charge on any atom is -0.484 e. The van der Waals surface area contributed by atoms with Crippen molar-refractivity contribution in [2.75, 3.05) is 26.3 Å². The average molecular weight is 495 g/mol. The molecule has 1 unspecified atom stereocenters. The fraction of sp³-hybridized carbons (Fsp3) is 0.520. The van der Waals surface area contributed by atoms with Crippen LogP contribution in [0.5, 0.6) is 5.75 Å². The van der Waals surface area contributed by atoms with Gasteiger partial charge in [-0.3, -0.25) is 9.88 Å². The molecule has 2 saturated heterocycles. The van der Waals surface area contributed by atoms with E-state index in [0.29, 0.717) is 19.7 Å². The zero-order chi connectivity index (χ0) is 24.2. The zero-order valence-electron chi connectivity index (χ0n) is 19.5. The predicted molar refractivity (Wildman–Crippen MR) is 128 cm³/mol. The first-order chi connectivity index (χ1) is 16.9. The Bertz CT molecular complexity index is 1310. The van der Waals surface area contributed by atoms with E-state index in [1.807, 2.05) is 36.1 Å².